The molecule has 1 saturated carbocycles. The lowest BCUT2D eigenvalue weighted by Crippen LogP contribution is -2.74. The number of carbonyl (C=O) groups is 1. The van der Waals surface area contributed by atoms with Gasteiger partial charge in [0, 0.05) is 6.42 Å². The van der Waals surface area contributed by atoms with Gasteiger partial charge in [0.15, 0.2) is 5.79 Å². The van der Waals surface area contributed by atoms with Crippen LogP contribution in [0.1, 0.15) is 46.5 Å². The van der Waals surface area contributed by atoms with Gasteiger partial charge in [-0.05, 0) is 34.7 Å². The fourth-order valence-electron chi connectivity index (χ4n) is 4.46. The van der Waals surface area contributed by atoms with Crippen LogP contribution in [0.5, 0.6) is 0 Å². The highest BCUT2D eigenvalue weighted by atomic mass is 28.4. The highest BCUT2D eigenvalue weighted by molar-refractivity contribution is 6.99. The zero-order valence-electron chi connectivity index (χ0n) is 17.3. The minimum Gasteiger partial charge on any atom is -0.479 e. The van der Waals surface area contributed by atoms with E-state index < -0.39 is 30.7 Å². The molecule has 6 heteroatoms. The SMILES string of the molecule is CC(C)(C)[Si](OC1(O)CCCCC1(O)C(=O)O)(c1ccccc1)c1ccccc1. The number of benzene rings is 2. The van der Waals surface area contributed by atoms with Crippen molar-refractivity contribution in [3.05, 3.63) is 60.7 Å². The van der Waals surface area contributed by atoms with Crippen LogP contribution in [-0.2, 0) is 9.22 Å². The summed E-state index contributed by atoms with van der Waals surface area (Å²) in [6.07, 6.45) is 1.14. The predicted molar refractivity (Wildman–Crippen MR) is 115 cm³/mol. The third-order valence-corrected chi connectivity index (χ3v) is 11.1. The molecule has 156 valence electrons. The zero-order chi connectivity index (χ0) is 21.3. The van der Waals surface area contributed by atoms with Gasteiger partial charge < -0.3 is 19.7 Å². The molecule has 2 aromatic rings. The molecular weight excluding hydrogens is 384 g/mol. The van der Waals surface area contributed by atoms with E-state index in [1.807, 2.05) is 81.4 Å². The van der Waals surface area contributed by atoms with Gasteiger partial charge in [-0.3, -0.25) is 0 Å². The molecule has 0 bridgehead atoms. The number of rotatable bonds is 5. The van der Waals surface area contributed by atoms with Gasteiger partial charge in [-0.2, -0.15) is 0 Å². The smallest absolute Gasteiger partial charge is 0.341 e. The second-order valence-corrected chi connectivity index (χ2v) is 13.1. The van der Waals surface area contributed by atoms with Crippen LogP contribution >= 0.6 is 0 Å². The van der Waals surface area contributed by atoms with Crippen molar-refractivity contribution in [1.82, 2.24) is 0 Å². The van der Waals surface area contributed by atoms with Crippen molar-refractivity contribution in [3.63, 3.8) is 0 Å². The standard InChI is InChI=1S/C23H30O5Si/c1-21(2,3)29(18-12-6-4-7-13-18,19-14-8-5-9-15-19)28-23(27)17-11-10-16-22(23,26)20(24)25/h4-9,12-15,26-27H,10-11,16-17H2,1-3H3,(H,24,25). The van der Waals surface area contributed by atoms with Crippen molar-refractivity contribution in [2.24, 2.45) is 0 Å². The first-order chi connectivity index (χ1) is 13.6. The lowest BCUT2D eigenvalue weighted by molar-refractivity contribution is -0.277. The molecule has 1 aliphatic rings. The molecule has 5 nitrogen and oxygen atoms in total. The minimum absolute atomic E-state index is 0.0446. The predicted octanol–water partition coefficient (Wildman–Crippen LogP) is 2.64. The van der Waals surface area contributed by atoms with Crippen molar-refractivity contribution in [1.29, 1.82) is 0 Å². The lowest BCUT2D eigenvalue weighted by Gasteiger charge is -2.52. The maximum atomic E-state index is 12.0. The van der Waals surface area contributed by atoms with E-state index in [0.717, 1.165) is 10.4 Å². The summed E-state index contributed by atoms with van der Waals surface area (Å²) in [7, 11) is -3.22. The van der Waals surface area contributed by atoms with Gasteiger partial charge in [-0.25, -0.2) is 4.79 Å². The summed E-state index contributed by atoms with van der Waals surface area (Å²) in [6, 6.07) is 19.4. The summed E-state index contributed by atoms with van der Waals surface area (Å²) in [5, 5.41) is 33.8. The van der Waals surface area contributed by atoms with Crippen LogP contribution < -0.4 is 10.4 Å². The molecule has 3 N–H and O–H groups in total. The molecule has 0 aromatic heterocycles. The Morgan fingerprint density at radius 1 is 0.897 bits per heavy atom. The van der Waals surface area contributed by atoms with Gasteiger partial charge in [-0.15, -0.1) is 0 Å². The average Bonchev–Trinajstić information content (AvgIpc) is 2.69. The molecule has 2 atom stereocenters. The molecule has 0 radical (unpaired) electrons. The number of aliphatic hydroxyl groups is 2. The van der Waals surface area contributed by atoms with Crippen LogP contribution in [0.25, 0.3) is 0 Å². The van der Waals surface area contributed by atoms with Crippen LogP contribution in [0.15, 0.2) is 60.7 Å². The monoisotopic (exact) mass is 414 g/mol. The normalized spacial score (nSPS) is 25.6. The van der Waals surface area contributed by atoms with Crippen LogP contribution in [-0.4, -0.2) is 41.0 Å². The molecule has 1 fully saturated rings. The summed E-state index contributed by atoms with van der Waals surface area (Å²) in [4.78, 5) is 12.0. The highest BCUT2D eigenvalue weighted by Crippen LogP contribution is 2.45. The Kier molecular flexibility index (Phi) is 5.75. The van der Waals surface area contributed by atoms with E-state index in [-0.39, 0.29) is 12.8 Å². The Hall–Kier alpha value is -1.99. The number of carboxylic acid groups (broad SMARTS) is 1. The molecule has 0 spiro atoms. The molecule has 0 aliphatic heterocycles. The van der Waals surface area contributed by atoms with E-state index in [0.29, 0.717) is 12.8 Å². The molecule has 3 rings (SSSR count). The van der Waals surface area contributed by atoms with Gasteiger partial charge in [0.05, 0.1) is 0 Å². The van der Waals surface area contributed by atoms with E-state index in [1.54, 1.807) is 0 Å². The summed E-state index contributed by atoms with van der Waals surface area (Å²) < 4.78 is 6.64. The largest absolute Gasteiger partial charge is 0.479 e. The van der Waals surface area contributed by atoms with Gasteiger partial charge in [0.1, 0.15) is 0 Å². The topological polar surface area (TPSA) is 87.0 Å². The first-order valence-corrected chi connectivity index (χ1v) is 12.0. The summed E-state index contributed by atoms with van der Waals surface area (Å²) in [6.45, 7) is 6.14. The quantitative estimate of drug-likeness (QED) is 0.517. The van der Waals surface area contributed by atoms with E-state index >= 15 is 0 Å². The molecule has 0 heterocycles. The van der Waals surface area contributed by atoms with Crippen LogP contribution in [0.4, 0.5) is 0 Å². The van der Waals surface area contributed by atoms with E-state index in [4.69, 9.17) is 4.43 Å². The summed E-state index contributed by atoms with van der Waals surface area (Å²) in [5.41, 5.74) is -2.35. The van der Waals surface area contributed by atoms with E-state index in [9.17, 15) is 20.1 Å². The van der Waals surface area contributed by atoms with Crippen molar-refractivity contribution in [3.8, 4) is 0 Å². The highest BCUT2D eigenvalue weighted by Gasteiger charge is 2.63. The van der Waals surface area contributed by atoms with Crippen molar-refractivity contribution < 1.29 is 24.5 Å². The maximum Gasteiger partial charge on any atom is 0.341 e. The Bertz CT molecular complexity index is 809. The van der Waals surface area contributed by atoms with Crippen LogP contribution in [0.3, 0.4) is 0 Å². The van der Waals surface area contributed by atoms with Crippen LogP contribution in [0, 0.1) is 0 Å². The van der Waals surface area contributed by atoms with Gasteiger partial charge in [-0.1, -0.05) is 81.4 Å². The van der Waals surface area contributed by atoms with Gasteiger partial charge in [0.2, 0.25) is 5.60 Å². The van der Waals surface area contributed by atoms with Crippen molar-refractivity contribution >= 4 is 24.7 Å². The molecule has 2 unspecified atom stereocenters. The minimum atomic E-state index is -3.22. The zero-order valence-corrected chi connectivity index (χ0v) is 18.3. The van der Waals surface area contributed by atoms with E-state index in [1.165, 1.54) is 0 Å². The second-order valence-electron chi connectivity index (χ2n) is 8.92. The van der Waals surface area contributed by atoms with Crippen molar-refractivity contribution in [2.45, 2.75) is 62.9 Å². The average molecular weight is 415 g/mol. The summed E-state index contributed by atoms with van der Waals surface area (Å²) in [5.74, 6) is -3.62. The first kappa shape index (κ1) is 21.7. The maximum absolute atomic E-state index is 12.0. The third-order valence-electron chi connectivity index (χ3n) is 6.04. The molecule has 0 amide bonds. The molecule has 29 heavy (non-hydrogen) atoms. The number of hydrogen-bond acceptors (Lipinski definition) is 4. The van der Waals surface area contributed by atoms with E-state index in [2.05, 4.69) is 0 Å². The van der Waals surface area contributed by atoms with Gasteiger partial charge >= 0.3 is 5.97 Å². The Morgan fingerprint density at radius 2 is 1.34 bits per heavy atom. The van der Waals surface area contributed by atoms with Crippen LogP contribution in [0.2, 0.25) is 5.04 Å². The molecular formula is C23H30O5Si. The Labute approximate surface area is 173 Å². The Morgan fingerprint density at radius 3 is 1.76 bits per heavy atom. The summed E-state index contributed by atoms with van der Waals surface area (Å²) >= 11 is 0. The Balaban J connectivity index is 2.27. The first-order valence-electron chi connectivity index (χ1n) is 10.1. The fourth-order valence-corrected chi connectivity index (χ4v) is 9.17. The van der Waals surface area contributed by atoms with Gasteiger partial charge in [0.25, 0.3) is 8.32 Å². The molecule has 2 aromatic carbocycles. The molecule has 1 aliphatic carbocycles. The van der Waals surface area contributed by atoms with Crippen molar-refractivity contribution in [2.75, 3.05) is 0 Å². The number of hydrogen-bond donors (Lipinski definition) is 3. The number of carboxylic acids is 1. The molecule has 0 saturated heterocycles. The lowest BCUT2D eigenvalue weighted by atomic mass is 9.79. The second kappa shape index (κ2) is 7.68. The fraction of sp³-hybridized carbons (Fsp3) is 0.435. The third kappa shape index (κ3) is 3.55. The number of aliphatic carboxylic acids is 1.